The largest absolute Gasteiger partial charge is 0.347 e. The van der Waals surface area contributed by atoms with Crippen molar-refractivity contribution in [3.8, 4) is 0 Å². The van der Waals surface area contributed by atoms with E-state index in [1.165, 1.54) is 24.3 Å². The monoisotopic (exact) mass is 402 g/mol. The van der Waals surface area contributed by atoms with E-state index in [2.05, 4.69) is 0 Å². The highest BCUT2D eigenvalue weighted by atomic mass is 32.2. The molecule has 1 heterocycles. The summed E-state index contributed by atoms with van der Waals surface area (Å²) in [6.07, 6.45) is 6.72. The lowest BCUT2D eigenvalue weighted by Gasteiger charge is -2.23. The van der Waals surface area contributed by atoms with E-state index in [4.69, 9.17) is 0 Å². The van der Waals surface area contributed by atoms with Crippen LogP contribution in [-0.4, -0.2) is 30.7 Å². The number of benzene rings is 1. The summed E-state index contributed by atoms with van der Waals surface area (Å²) in [5.41, 5.74) is 1.61. The molecule has 0 bridgehead atoms. The predicted molar refractivity (Wildman–Crippen MR) is 103 cm³/mol. The minimum atomic E-state index is -4.33. The molecule has 0 unspecified atom stereocenters. The summed E-state index contributed by atoms with van der Waals surface area (Å²) in [6.45, 7) is 3.77. The van der Waals surface area contributed by atoms with Crippen molar-refractivity contribution in [3.05, 3.63) is 81.2 Å². The smallest absolute Gasteiger partial charge is 0.294 e. The fourth-order valence-electron chi connectivity index (χ4n) is 3.42. The minimum absolute atomic E-state index is 0.177. The fraction of sp³-hybridized carbons (Fsp3) is 0.211. The van der Waals surface area contributed by atoms with Crippen molar-refractivity contribution in [1.29, 1.82) is 0 Å². The molecular weight excluding hydrogens is 384 g/mol. The number of hydrogen-bond donors (Lipinski definition) is 1. The summed E-state index contributed by atoms with van der Waals surface area (Å²) >= 11 is 0. The Morgan fingerprint density at radius 2 is 1.89 bits per heavy atom. The van der Waals surface area contributed by atoms with E-state index in [1.54, 1.807) is 19.2 Å². The molecule has 8 nitrogen and oxygen atoms in total. The molecule has 0 spiro atoms. The highest BCUT2D eigenvalue weighted by Crippen LogP contribution is 2.47. The number of nitrogens with zero attached hydrogens (tertiary/aromatic N) is 2. The van der Waals surface area contributed by atoms with Gasteiger partial charge in [0.2, 0.25) is 0 Å². The summed E-state index contributed by atoms with van der Waals surface area (Å²) in [5, 5.41) is 10.9. The Hall–Kier alpha value is -3.04. The molecule has 28 heavy (non-hydrogen) atoms. The number of likely N-dealkylation sites (N-methyl/N-ethyl adjacent to an activating group) is 1. The summed E-state index contributed by atoms with van der Waals surface area (Å²) in [7, 11) is -2.54. The van der Waals surface area contributed by atoms with Gasteiger partial charge in [-0.15, -0.1) is 0 Å². The first-order valence-electron chi connectivity index (χ1n) is 8.29. The van der Waals surface area contributed by atoms with Crippen molar-refractivity contribution < 1.29 is 22.7 Å². The van der Waals surface area contributed by atoms with Crippen LogP contribution in [0.4, 0.5) is 5.69 Å². The van der Waals surface area contributed by atoms with Crippen LogP contribution in [0, 0.1) is 10.1 Å². The predicted octanol–water partition coefficient (Wildman–Crippen LogP) is 2.77. The van der Waals surface area contributed by atoms with Crippen molar-refractivity contribution in [2.45, 2.75) is 24.2 Å². The van der Waals surface area contributed by atoms with Crippen molar-refractivity contribution in [1.82, 2.24) is 0 Å². The average Bonchev–Trinajstić information content (AvgIpc) is 2.79. The van der Waals surface area contributed by atoms with Gasteiger partial charge in [0.1, 0.15) is 0 Å². The summed E-state index contributed by atoms with van der Waals surface area (Å²) in [5.74, 6) is -0.341. The number of carbonyl (C=O) groups excluding carboxylic acids is 1. The van der Waals surface area contributed by atoms with Crippen LogP contribution >= 0.6 is 0 Å². The van der Waals surface area contributed by atoms with Crippen molar-refractivity contribution >= 4 is 21.6 Å². The lowest BCUT2D eigenvalue weighted by atomic mass is 9.83. The number of carbonyl (C=O) groups is 1. The van der Waals surface area contributed by atoms with Gasteiger partial charge in [0.05, 0.1) is 9.82 Å². The normalized spacial score (nSPS) is 21.2. The molecule has 1 aromatic carbocycles. The van der Waals surface area contributed by atoms with E-state index in [1.807, 2.05) is 18.7 Å². The van der Waals surface area contributed by atoms with Gasteiger partial charge in [0, 0.05) is 41.6 Å². The van der Waals surface area contributed by atoms with Crippen LogP contribution in [0.5, 0.6) is 0 Å². The van der Waals surface area contributed by atoms with E-state index >= 15 is 0 Å². The SMILES string of the molecule is CN1/C(=C\C=C2\C=C([N+](=O)[O-])C=CC2=O)C(C)(C)c2cc(S(=O)(=O)O)ccc21. The molecule has 2 aliphatic rings. The van der Waals surface area contributed by atoms with Gasteiger partial charge < -0.3 is 4.90 Å². The standard InChI is InChI=1S/C19H18N2O6S/c1-19(2)15-11-14(28(25,26)27)6-7-16(15)20(3)18(19)9-4-12-10-13(21(23)24)5-8-17(12)22/h4-11H,1-3H3,(H,25,26,27)/b12-4-,18-9-. The summed E-state index contributed by atoms with van der Waals surface area (Å²) in [4.78, 5) is 24.0. The van der Waals surface area contributed by atoms with Gasteiger partial charge in [0.15, 0.2) is 5.78 Å². The number of nitro groups is 1. The molecule has 146 valence electrons. The second-order valence-electron chi connectivity index (χ2n) is 7.04. The minimum Gasteiger partial charge on any atom is -0.347 e. The maximum Gasteiger partial charge on any atom is 0.294 e. The number of anilines is 1. The molecule has 0 atom stereocenters. The Morgan fingerprint density at radius 1 is 1.21 bits per heavy atom. The number of ketones is 1. The third-order valence-corrected chi connectivity index (χ3v) is 5.78. The van der Waals surface area contributed by atoms with Crippen molar-refractivity contribution in [3.63, 3.8) is 0 Å². The number of rotatable bonds is 3. The first kappa shape index (κ1) is 19.7. The first-order chi connectivity index (χ1) is 12.9. The van der Waals surface area contributed by atoms with E-state index in [9.17, 15) is 27.9 Å². The van der Waals surface area contributed by atoms with Gasteiger partial charge in [-0.3, -0.25) is 19.5 Å². The fourth-order valence-corrected chi connectivity index (χ4v) is 3.93. The van der Waals surface area contributed by atoms with Crippen LogP contribution in [0.15, 0.2) is 70.4 Å². The van der Waals surface area contributed by atoms with E-state index < -0.39 is 20.5 Å². The molecule has 1 N–H and O–H groups in total. The molecular formula is C19H18N2O6S. The van der Waals surface area contributed by atoms with Gasteiger partial charge in [-0.2, -0.15) is 8.42 Å². The Balaban J connectivity index is 2.07. The summed E-state index contributed by atoms with van der Waals surface area (Å²) < 4.78 is 32.3. The van der Waals surface area contributed by atoms with E-state index in [0.717, 1.165) is 23.5 Å². The molecule has 0 saturated heterocycles. The summed E-state index contributed by atoms with van der Waals surface area (Å²) in [6, 6.07) is 4.35. The number of allylic oxidation sites excluding steroid dienone is 7. The second kappa shape index (κ2) is 6.54. The maximum absolute atomic E-state index is 12.0. The molecule has 1 aromatic rings. The first-order valence-corrected chi connectivity index (χ1v) is 9.73. The highest BCUT2D eigenvalue weighted by molar-refractivity contribution is 7.85. The Bertz CT molecular complexity index is 1120. The Labute approximate surface area is 162 Å². The van der Waals surface area contributed by atoms with Gasteiger partial charge in [-0.25, -0.2) is 0 Å². The highest BCUT2D eigenvalue weighted by Gasteiger charge is 2.39. The lowest BCUT2D eigenvalue weighted by molar-refractivity contribution is -0.419. The quantitative estimate of drug-likeness (QED) is 0.357. The van der Waals surface area contributed by atoms with Crippen molar-refractivity contribution in [2.24, 2.45) is 0 Å². The van der Waals surface area contributed by atoms with Gasteiger partial charge in [-0.05, 0) is 42.0 Å². The van der Waals surface area contributed by atoms with E-state index in [0.29, 0.717) is 5.56 Å². The molecule has 0 fully saturated rings. The molecule has 1 aliphatic carbocycles. The number of hydrogen-bond acceptors (Lipinski definition) is 6. The second-order valence-corrected chi connectivity index (χ2v) is 8.46. The topological polar surface area (TPSA) is 118 Å². The van der Waals surface area contributed by atoms with E-state index in [-0.39, 0.29) is 21.9 Å². The van der Waals surface area contributed by atoms with Crippen LogP contribution in [0.3, 0.4) is 0 Å². The van der Waals surface area contributed by atoms with Crippen LogP contribution in [0.1, 0.15) is 19.4 Å². The maximum atomic E-state index is 12.0. The molecule has 0 amide bonds. The van der Waals surface area contributed by atoms with Gasteiger partial charge in [-0.1, -0.05) is 13.8 Å². The molecule has 1 aliphatic heterocycles. The average molecular weight is 402 g/mol. The molecule has 0 radical (unpaired) electrons. The third-order valence-electron chi connectivity index (χ3n) is 4.93. The zero-order chi connectivity index (χ0) is 20.9. The molecule has 0 aromatic heterocycles. The van der Waals surface area contributed by atoms with Crippen LogP contribution in [0.25, 0.3) is 0 Å². The van der Waals surface area contributed by atoms with Crippen LogP contribution in [0.2, 0.25) is 0 Å². The Morgan fingerprint density at radius 3 is 2.50 bits per heavy atom. The zero-order valence-electron chi connectivity index (χ0n) is 15.4. The molecule has 0 saturated carbocycles. The lowest BCUT2D eigenvalue weighted by Crippen LogP contribution is -2.22. The van der Waals surface area contributed by atoms with Crippen LogP contribution < -0.4 is 4.90 Å². The zero-order valence-corrected chi connectivity index (χ0v) is 16.2. The third kappa shape index (κ3) is 3.30. The molecule has 3 rings (SSSR count). The van der Waals surface area contributed by atoms with Crippen LogP contribution in [-0.2, 0) is 20.3 Å². The van der Waals surface area contributed by atoms with Gasteiger partial charge >= 0.3 is 0 Å². The Kier molecular flexibility index (Phi) is 4.60. The number of fused-ring (bicyclic) bond motifs is 1. The van der Waals surface area contributed by atoms with Crippen molar-refractivity contribution in [2.75, 3.05) is 11.9 Å². The molecule has 9 heteroatoms. The van der Waals surface area contributed by atoms with Gasteiger partial charge in [0.25, 0.3) is 15.8 Å².